The minimum atomic E-state index is -0.798. The van der Waals surface area contributed by atoms with Crippen LogP contribution in [-0.4, -0.2) is 37.0 Å². The van der Waals surface area contributed by atoms with Gasteiger partial charge in [0.25, 0.3) is 11.8 Å². The molecule has 4 amide bonds. The Balaban J connectivity index is 1.26. The number of amides is 4. The van der Waals surface area contributed by atoms with E-state index in [1.165, 1.54) is 50.2 Å². The van der Waals surface area contributed by atoms with Crippen LogP contribution in [0.3, 0.4) is 0 Å². The van der Waals surface area contributed by atoms with E-state index >= 15 is 0 Å². The molecular weight excluding hydrogens is 576 g/mol. The van der Waals surface area contributed by atoms with Gasteiger partial charge in [-0.25, -0.2) is 14.5 Å². The average molecular weight is 608 g/mol. The van der Waals surface area contributed by atoms with Crippen LogP contribution in [0, 0.1) is 17.8 Å². The van der Waals surface area contributed by atoms with E-state index in [-0.39, 0.29) is 30.0 Å². The smallest absolute Gasteiger partial charge is 0.344 e. The number of benzene rings is 2. The first-order valence-electron chi connectivity index (χ1n) is 13.8. The topological polar surface area (TPSA) is 102 Å². The van der Waals surface area contributed by atoms with Gasteiger partial charge in [0.1, 0.15) is 11.3 Å². The SMILES string of the molecule is CCOC(=O)COc1ccc(Br)cc1/C=C1\C(=O)NC(=O)N(c2ccc(C34CC5CC(CC(C5)C3)C4)cc2)C1=O. The zero-order valence-corrected chi connectivity index (χ0v) is 23.9. The maximum Gasteiger partial charge on any atom is 0.344 e. The summed E-state index contributed by atoms with van der Waals surface area (Å²) in [6.07, 6.45) is 9.10. The van der Waals surface area contributed by atoms with Crippen LogP contribution in [0.4, 0.5) is 10.5 Å². The van der Waals surface area contributed by atoms with Gasteiger partial charge < -0.3 is 9.47 Å². The highest BCUT2D eigenvalue weighted by Gasteiger charge is 2.51. The van der Waals surface area contributed by atoms with Crippen LogP contribution < -0.4 is 15.0 Å². The number of carbonyl (C=O) groups is 4. The van der Waals surface area contributed by atoms with Crippen molar-refractivity contribution in [1.29, 1.82) is 0 Å². The molecule has 1 saturated heterocycles. The quantitative estimate of drug-likeness (QED) is 0.253. The van der Waals surface area contributed by atoms with Gasteiger partial charge in [-0.3, -0.25) is 14.9 Å². The van der Waals surface area contributed by atoms with Gasteiger partial charge in [0.15, 0.2) is 6.61 Å². The minimum Gasteiger partial charge on any atom is -0.481 e. The summed E-state index contributed by atoms with van der Waals surface area (Å²) in [5, 5.41) is 2.29. The van der Waals surface area contributed by atoms with E-state index in [0.717, 1.165) is 22.7 Å². The Kier molecular flexibility index (Phi) is 7.02. The van der Waals surface area contributed by atoms with Gasteiger partial charge in [-0.2, -0.15) is 0 Å². The van der Waals surface area contributed by atoms with E-state index in [1.54, 1.807) is 25.1 Å². The van der Waals surface area contributed by atoms with E-state index < -0.39 is 23.8 Å². The van der Waals surface area contributed by atoms with Crippen LogP contribution in [0.5, 0.6) is 5.75 Å². The second kappa shape index (κ2) is 10.5. The van der Waals surface area contributed by atoms with Crippen molar-refractivity contribution in [3.8, 4) is 5.75 Å². The highest BCUT2D eigenvalue weighted by Crippen LogP contribution is 2.60. The molecule has 1 aliphatic heterocycles. The van der Waals surface area contributed by atoms with Crippen LogP contribution in [0.1, 0.15) is 56.6 Å². The number of hydrogen-bond donors (Lipinski definition) is 1. The minimum absolute atomic E-state index is 0.198. The van der Waals surface area contributed by atoms with Crippen molar-refractivity contribution in [3.63, 3.8) is 0 Å². The van der Waals surface area contributed by atoms with Gasteiger partial charge in [0.2, 0.25) is 0 Å². The highest BCUT2D eigenvalue weighted by molar-refractivity contribution is 9.10. The lowest BCUT2D eigenvalue weighted by Crippen LogP contribution is -2.54. The van der Waals surface area contributed by atoms with Crippen molar-refractivity contribution in [2.45, 2.75) is 50.9 Å². The molecular formula is C31H31BrN2O6. The maximum absolute atomic E-state index is 13.6. The van der Waals surface area contributed by atoms with Crippen molar-refractivity contribution in [3.05, 3.63) is 63.6 Å². The number of barbiturate groups is 1. The zero-order chi connectivity index (χ0) is 28.0. The predicted octanol–water partition coefficient (Wildman–Crippen LogP) is 5.53. The summed E-state index contributed by atoms with van der Waals surface area (Å²) in [5.74, 6) is 0.646. The van der Waals surface area contributed by atoms with Crippen molar-refractivity contribution >= 4 is 51.5 Å². The van der Waals surface area contributed by atoms with Crippen molar-refractivity contribution in [2.24, 2.45) is 17.8 Å². The van der Waals surface area contributed by atoms with Crippen molar-refractivity contribution in [1.82, 2.24) is 5.32 Å². The van der Waals surface area contributed by atoms with Gasteiger partial charge in [-0.1, -0.05) is 28.1 Å². The number of nitrogens with one attached hydrogen (secondary N) is 1. The van der Waals surface area contributed by atoms with Crippen LogP contribution in [0.15, 0.2) is 52.5 Å². The lowest BCUT2D eigenvalue weighted by atomic mass is 9.48. The molecule has 0 aromatic heterocycles. The predicted molar refractivity (Wildman–Crippen MR) is 152 cm³/mol. The standard InChI is InChI=1S/C31H31BrN2O6/c1-2-39-27(35)17-40-26-8-5-23(32)12-21(26)13-25-28(36)33-30(38)34(29(25)37)24-6-3-22(4-7-24)31-14-18-9-19(15-31)11-20(10-18)16-31/h3-8,12-13,18-20H,2,9-11,14-17H2,1H3,(H,33,36,38)/b25-13+. The molecule has 0 atom stereocenters. The second-order valence-electron chi connectivity index (χ2n) is 11.5. The Morgan fingerprint density at radius 2 is 1.68 bits per heavy atom. The third-order valence-electron chi connectivity index (χ3n) is 8.80. The summed E-state index contributed by atoms with van der Waals surface area (Å²) in [6, 6.07) is 11.9. The first-order chi connectivity index (χ1) is 19.2. The average Bonchev–Trinajstić information content (AvgIpc) is 2.90. The van der Waals surface area contributed by atoms with E-state index in [2.05, 4.69) is 33.4 Å². The summed E-state index contributed by atoms with van der Waals surface area (Å²) in [7, 11) is 0. The molecule has 4 aliphatic carbocycles. The summed E-state index contributed by atoms with van der Waals surface area (Å²) in [5.41, 5.74) is 2.06. The van der Waals surface area contributed by atoms with Crippen LogP contribution in [0.25, 0.3) is 6.08 Å². The molecule has 0 radical (unpaired) electrons. The third kappa shape index (κ3) is 4.96. The second-order valence-corrected chi connectivity index (χ2v) is 12.4. The fraction of sp³-hybridized carbons (Fsp3) is 0.419. The molecule has 2 aromatic rings. The Morgan fingerprint density at radius 1 is 1.02 bits per heavy atom. The van der Waals surface area contributed by atoms with Gasteiger partial charge in [-0.05, 0) is 111 Å². The molecule has 1 heterocycles. The van der Waals surface area contributed by atoms with Gasteiger partial charge in [-0.15, -0.1) is 0 Å². The molecule has 5 aliphatic rings. The number of carbonyl (C=O) groups excluding carboxylic acids is 4. The van der Waals surface area contributed by atoms with E-state index in [1.807, 2.05) is 12.1 Å². The summed E-state index contributed by atoms with van der Waals surface area (Å²) >= 11 is 3.39. The number of anilines is 1. The maximum atomic E-state index is 13.6. The first kappa shape index (κ1) is 26.7. The normalized spacial score (nSPS) is 28.1. The number of nitrogens with zero attached hydrogens (tertiary/aromatic N) is 1. The monoisotopic (exact) mass is 606 g/mol. The Labute approximate surface area is 241 Å². The molecule has 9 heteroatoms. The lowest BCUT2D eigenvalue weighted by molar-refractivity contribution is -0.145. The van der Waals surface area contributed by atoms with Crippen LogP contribution >= 0.6 is 15.9 Å². The molecule has 5 fully saturated rings. The van der Waals surface area contributed by atoms with Crippen LogP contribution in [0.2, 0.25) is 0 Å². The number of rotatable bonds is 7. The number of urea groups is 1. The van der Waals surface area contributed by atoms with Crippen molar-refractivity contribution in [2.75, 3.05) is 18.1 Å². The van der Waals surface area contributed by atoms with Gasteiger partial charge in [0.05, 0.1) is 12.3 Å². The molecule has 0 spiro atoms. The van der Waals surface area contributed by atoms with E-state index in [4.69, 9.17) is 9.47 Å². The number of ether oxygens (including phenoxy) is 2. The number of imide groups is 2. The fourth-order valence-electron chi connectivity index (χ4n) is 7.58. The lowest BCUT2D eigenvalue weighted by Gasteiger charge is -2.57. The van der Waals surface area contributed by atoms with Crippen LogP contribution in [-0.2, 0) is 24.5 Å². The van der Waals surface area contributed by atoms with E-state index in [0.29, 0.717) is 15.7 Å². The Morgan fingerprint density at radius 3 is 2.30 bits per heavy atom. The molecule has 208 valence electrons. The fourth-order valence-corrected chi connectivity index (χ4v) is 7.96. The molecule has 2 aromatic carbocycles. The highest BCUT2D eigenvalue weighted by atomic mass is 79.9. The molecule has 4 bridgehead atoms. The molecule has 4 saturated carbocycles. The Hall–Kier alpha value is -3.46. The zero-order valence-electron chi connectivity index (χ0n) is 22.3. The number of hydrogen-bond acceptors (Lipinski definition) is 6. The van der Waals surface area contributed by atoms with Gasteiger partial charge in [0, 0.05) is 10.0 Å². The molecule has 1 N–H and O–H groups in total. The molecule has 7 rings (SSSR count). The molecule has 40 heavy (non-hydrogen) atoms. The third-order valence-corrected chi connectivity index (χ3v) is 9.29. The van der Waals surface area contributed by atoms with Crippen molar-refractivity contribution < 1.29 is 28.7 Å². The molecule has 0 unspecified atom stereocenters. The van der Waals surface area contributed by atoms with E-state index in [9.17, 15) is 19.2 Å². The number of halogens is 1. The molecule has 8 nitrogen and oxygen atoms in total. The summed E-state index contributed by atoms with van der Waals surface area (Å²) in [6.45, 7) is 1.60. The van der Waals surface area contributed by atoms with Gasteiger partial charge >= 0.3 is 12.0 Å². The largest absolute Gasteiger partial charge is 0.481 e. The summed E-state index contributed by atoms with van der Waals surface area (Å²) in [4.78, 5) is 52.0. The Bertz CT molecular complexity index is 1380. The first-order valence-corrected chi connectivity index (χ1v) is 14.6. The number of esters is 1. The summed E-state index contributed by atoms with van der Waals surface area (Å²) < 4.78 is 11.2.